The number of ether oxygens (including phenoxy) is 1. The summed E-state index contributed by atoms with van der Waals surface area (Å²) in [5.74, 6) is 0.144. The van der Waals surface area contributed by atoms with Crippen molar-refractivity contribution >= 4 is 21.8 Å². The molecule has 3 nitrogen and oxygen atoms in total. The summed E-state index contributed by atoms with van der Waals surface area (Å²) in [6, 6.07) is 3.61. The molecule has 0 atom stereocenters. The van der Waals surface area contributed by atoms with Crippen LogP contribution in [-0.4, -0.2) is 17.5 Å². The topological polar surface area (TPSA) is 46.0 Å². The third-order valence-electron chi connectivity index (χ3n) is 1.70. The van der Waals surface area contributed by atoms with Crippen molar-refractivity contribution in [3.63, 3.8) is 0 Å². The van der Waals surface area contributed by atoms with Crippen LogP contribution in [0.1, 0.15) is 25.5 Å². The van der Waals surface area contributed by atoms with Crippen molar-refractivity contribution in [3.8, 4) is 0 Å². The summed E-state index contributed by atoms with van der Waals surface area (Å²) >= 11 is 3.28. The number of unbranched alkanes of at least 4 members (excludes halogenated alkanes) is 1. The Bertz CT molecular complexity index is 297. The predicted molar refractivity (Wildman–Crippen MR) is 59.6 cm³/mol. The lowest BCUT2D eigenvalue weighted by Crippen LogP contribution is -2.08. The van der Waals surface area contributed by atoms with Crippen LogP contribution in [-0.2, 0) is 4.74 Å². The van der Waals surface area contributed by atoms with E-state index >= 15 is 0 Å². The van der Waals surface area contributed by atoms with Crippen LogP contribution in [0.4, 0.5) is 0 Å². The molecule has 0 saturated heterocycles. The van der Waals surface area contributed by atoms with Crippen molar-refractivity contribution in [3.05, 3.63) is 28.5 Å². The Kier molecular flexibility index (Phi) is 4.59. The fourth-order valence-electron chi connectivity index (χ4n) is 0.903. The smallest absolute Gasteiger partial charge is 0.232 e. The van der Waals surface area contributed by atoms with E-state index in [-0.39, 0.29) is 5.90 Å². The first-order valence-corrected chi connectivity index (χ1v) is 5.36. The van der Waals surface area contributed by atoms with Crippen LogP contribution in [0.15, 0.2) is 22.8 Å². The van der Waals surface area contributed by atoms with E-state index in [1.54, 1.807) is 12.3 Å². The predicted octanol–water partition coefficient (Wildman–Crippen LogP) is 2.99. The molecule has 76 valence electrons. The van der Waals surface area contributed by atoms with Gasteiger partial charge in [-0.25, -0.2) is 0 Å². The molecule has 1 rings (SSSR count). The molecule has 1 aromatic heterocycles. The maximum absolute atomic E-state index is 7.58. The largest absolute Gasteiger partial charge is 0.477 e. The van der Waals surface area contributed by atoms with E-state index in [2.05, 4.69) is 27.8 Å². The van der Waals surface area contributed by atoms with Crippen molar-refractivity contribution in [2.75, 3.05) is 6.61 Å². The lowest BCUT2D eigenvalue weighted by atomic mass is 10.3. The van der Waals surface area contributed by atoms with Crippen molar-refractivity contribution in [2.45, 2.75) is 19.8 Å². The fraction of sp³-hybridized carbons (Fsp3) is 0.400. The number of pyridine rings is 1. The molecule has 0 aliphatic heterocycles. The summed E-state index contributed by atoms with van der Waals surface area (Å²) < 4.78 is 6.12. The molecule has 4 heteroatoms. The third kappa shape index (κ3) is 3.46. The first-order valence-electron chi connectivity index (χ1n) is 4.57. The number of hydrogen-bond donors (Lipinski definition) is 1. The van der Waals surface area contributed by atoms with Gasteiger partial charge in [-0.3, -0.25) is 10.4 Å². The Hall–Kier alpha value is -0.900. The van der Waals surface area contributed by atoms with Gasteiger partial charge < -0.3 is 4.74 Å². The first kappa shape index (κ1) is 11.2. The Morgan fingerprint density at radius 2 is 2.36 bits per heavy atom. The highest BCUT2D eigenvalue weighted by molar-refractivity contribution is 9.10. The molecule has 1 heterocycles. The lowest BCUT2D eigenvalue weighted by Gasteiger charge is -2.05. The van der Waals surface area contributed by atoms with E-state index in [1.807, 2.05) is 6.07 Å². The molecule has 0 radical (unpaired) electrons. The van der Waals surface area contributed by atoms with Gasteiger partial charge in [-0.2, -0.15) is 0 Å². The highest BCUT2D eigenvalue weighted by Gasteiger charge is 2.02. The zero-order valence-electron chi connectivity index (χ0n) is 8.09. The summed E-state index contributed by atoms with van der Waals surface area (Å²) in [7, 11) is 0. The van der Waals surface area contributed by atoms with Gasteiger partial charge in [-0.05, 0) is 34.5 Å². The number of nitrogens with zero attached hydrogens (tertiary/aromatic N) is 1. The summed E-state index contributed by atoms with van der Waals surface area (Å²) in [5.41, 5.74) is 0.573. The van der Waals surface area contributed by atoms with Crippen molar-refractivity contribution in [2.24, 2.45) is 0 Å². The summed E-state index contributed by atoms with van der Waals surface area (Å²) in [5, 5.41) is 7.58. The third-order valence-corrected chi connectivity index (χ3v) is 2.17. The SMILES string of the molecule is CCCCOC(=N)c1ccc(Br)cn1. The van der Waals surface area contributed by atoms with Gasteiger partial charge >= 0.3 is 0 Å². The minimum atomic E-state index is 0.144. The average Bonchev–Trinajstić information content (AvgIpc) is 2.19. The van der Waals surface area contributed by atoms with E-state index in [1.165, 1.54) is 0 Å². The van der Waals surface area contributed by atoms with Crippen LogP contribution in [0.5, 0.6) is 0 Å². The lowest BCUT2D eigenvalue weighted by molar-refractivity contribution is 0.294. The molecule has 0 aliphatic rings. The van der Waals surface area contributed by atoms with Crippen molar-refractivity contribution in [1.82, 2.24) is 4.98 Å². The molecule has 0 fully saturated rings. The second kappa shape index (κ2) is 5.75. The number of hydrogen-bond acceptors (Lipinski definition) is 3. The number of rotatable bonds is 4. The maximum Gasteiger partial charge on any atom is 0.232 e. The van der Waals surface area contributed by atoms with Gasteiger partial charge in [0.05, 0.1) is 6.61 Å². The Morgan fingerprint density at radius 1 is 1.57 bits per heavy atom. The molecule has 0 unspecified atom stereocenters. The zero-order valence-corrected chi connectivity index (χ0v) is 9.67. The second-order valence-electron chi connectivity index (χ2n) is 2.89. The van der Waals surface area contributed by atoms with Gasteiger partial charge in [0, 0.05) is 10.7 Å². The fourth-order valence-corrected chi connectivity index (χ4v) is 1.14. The van der Waals surface area contributed by atoms with Crippen molar-refractivity contribution in [1.29, 1.82) is 5.41 Å². The highest BCUT2D eigenvalue weighted by atomic mass is 79.9. The molecule has 0 amide bonds. The molecular formula is C10H13BrN2O. The average molecular weight is 257 g/mol. The zero-order chi connectivity index (χ0) is 10.4. The van der Waals surface area contributed by atoms with Crippen LogP contribution in [0.25, 0.3) is 0 Å². The van der Waals surface area contributed by atoms with E-state index in [4.69, 9.17) is 10.1 Å². The molecule has 0 spiro atoms. The van der Waals surface area contributed by atoms with Crippen molar-refractivity contribution < 1.29 is 4.74 Å². The molecule has 14 heavy (non-hydrogen) atoms. The molecule has 0 aliphatic carbocycles. The molecule has 0 saturated carbocycles. The maximum atomic E-state index is 7.58. The minimum Gasteiger partial charge on any atom is -0.477 e. The molecule has 1 N–H and O–H groups in total. The van der Waals surface area contributed by atoms with Gasteiger partial charge in [0.25, 0.3) is 0 Å². The molecule has 0 bridgehead atoms. The van der Waals surface area contributed by atoms with E-state index in [9.17, 15) is 0 Å². The Labute approximate surface area is 92.1 Å². The normalized spacial score (nSPS) is 9.86. The quantitative estimate of drug-likeness (QED) is 0.512. The van der Waals surface area contributed by atoms with E-state index < -0.39 is 0 Å². The van der Waals surface area contributed by atoms with Crippen LogP contribution in [0.2, 0.25) is 0 Å². The van der Waals surface area contributed by atoms with Gasteiger partial charge in [0.1, 0.15) is 5.69 Å². The van der Waals surface area contributed by atoms with Crippen LogP contribution >= 0.6 is 15.9 Å². The van der Waals surface area contributed by atoms with Gasteiger partial charge in [0.15, 0.2) is 0 Å². The van der Waals surface area contributed by atoms with Gasteiger partial charge in [-0.15, -0.1) is 0 Å². The summed E-state index contributed by atoms with van der Waals surface area (Å²) in [4.78, 5) is 4.06. The number of halogens is 1. The Morgan fingerprint density at radius 3 is 2.93 bits per heavy atom. The molecule has 1 aromatic rings. The van der Waals surface area contributed by atoms with E-state index in [0.29, 0.717) is 12.3 Å². The number of nitrogens with one attached hydrogen (secondary N) is 1. The first-order chi connectivity index (χ1) is 6.74. The molecule has 0 aromatic carbocycles. The Balaban J connectivity index is 2.48. The second-order valence-corrected chi connectivity index (χ2v) is 3.81. The van der Waals surface area contributed by atoms with Gasteiger partial charge in [-0.1, -0.05) is 13.3 Å². The van der Waals surface area contributed by atoms with Crippen LogP contribution in [0, 0.1) is 5.41 Å². The minimum absolute atomic E-state index is 0.144. The monoisotopic (exact) mass is 256 g/mol. The standard InChI is InChI=1S/C10H13BrN2O/c1-2-3-6-14-10(12)9-5-4-8(11)7-13-9/h4-5,7,12H,2-3,6H2,1H3. The van der Waals surface area contributed by atoms with Gasteiger partial charge in [0.2, 0.25) is 5.90 Å². The number of aromatic nitrogens is 1. The summed E-state index contributed by atoms with van der Waals surface area (Å²) in [6.07, 6.45) is 3.70. The molecular weight excluding hydrogens is 244 g/mol. The van der Waals surface area contributed by atoms with E-state index in [0.717, 1.165) is 17.3 Å². The highest BCUT2D eigenvalue weighted by Crippen LogP contribution is 2.08. The van der Waals surface area contributed by atoms with Crippen LogP contribution in [0.3, 0.4) is 0 Å². The van der Waals surface area contributed by atoms with Crippen LogP contribution < -0.4 is 0 Å². The summed E-state index contributed by atoms with van der Waals surface area (Å²) in [6.45, 7) is 2.68.